The molecule has 0 radical (unpaired) electrons. The van der Waals surface area contributed by atoms with Gasteiger partial charge in [-0.2, -0.15) is 0 Å². The maximum atomic E-state index is 10.3. The predicted octanol–water partition coefficient (Wildman–Crippen LogP) is 0.671. The van der Waals surface area contributed by atoms with E-state index in [4.69, 9.17) is 25.5 Å². The van der Waals surface area contributed by atoms with Crippen molar-refractivity contribution in [2.45, 2.75) is 40.7 Å². The van der Waals surface area contributed by atoms with Crippen molar-refractivity contribution in [2.75, 3.05) is 0 Å². The fourth-order valence-corrected chi connectivity index (χ4v) is 0.746. The highest BCUT2D eigenvalue weighted by Gasteiger charge is 2.40. The summed E-state index contributed by atoms with van der Waals surface area (Å²) in [5.41, 5.74) is -2.47. The minimum atomic E-state index is -2.20. The van der Waals surface area contributed by atoms with Crippen molar-refractivity contribution in [3.05, 3.63) is 11.1 Å². The fourth-order valence-electron chi connectivity index (χ4n) is 0.746. The Hall–Kier alpha value is -2.42. The third-order valence-electron chi connectivity index (χ3n) is 2.85. The molecule has 0 saturated carbocycles. The van der Waals surface area contributed by atoms with Gasteiger partial charge in [0.05, 0.1) is 5.92 Å². The van der Waals surface area contributed by atoms with Crippen LogP contribution in [0.2, 0.25) is 0 Å². The molecule has 5 N–H and O–H groups in total. The molecule has 9 heteroatoms. The Morgan fingerprint density at radius 1 is 0.864 bits per heavy atom. The standard InChI is InChI=1S/C6H10O5.C6H8O4.CH4/c1-3(4(7)8)6(2,11)5(9)10;1-3(5(7)8)4(2)6(9)10;/h3,11H,1-2H3,(H,7,8)(H,9,10);1-2H3,(H,7,8)(H,9,10);1H4/b;4-3-;/t3-,6-;;/m1../s1. The monoisotopic (exact) mass is 322 g/mol. The van der Waals surface area contributed by atoms with Crippen LogP contribution in [0.25, 0.3) is 0 Å². The second kappa shape index (κ2) is 9.50. The molecular formula is C13H22O9. The van der Waals surface area contributed by atoms with Gasteiger partial charge in [0.1, 0.15) is 0 Å². The van der Waals surface area contributed by atoms with Crippen LogP contribution in [0, 0.1) is 5.92 Å². The molecule has 0 heterocycles. The third-order valence-corrected chi connectivity index (χ3v) is 2.85. The van der Waals surface area contributed by atoms with Crippen LogP contribution >= 0.6 is 0 Å². The van der Waals surface area contributed by atoms with Crippen molar-refractivity contribution in [3.63, 3.8) is 0 Å². The zero-order valence-electron chi connectivity index (χ0n) is 11.9. The average molecular weight is 322 g/mol. The van der Waals surface area contributed by atoms with Crippen molar-refractivity contribution in [1.29, 1.82) is 0 Å². The van der Waals surface area contributed by atoms with Crippen LogP contribution in [0.15, 0.2) is 11.1 Å². The highest BCUT2D eigenvalue weighted by atomic mass is 16.4. The molecule has 0 spiro atoms. The quantitative estimate of drug-likeness (QED) is 0.456. The average Bonchev–Trinajstić information content (AvgIpc) is 2.35. The number of rotatable bonds is 5. The summed E-state index contributed by atoms with van der Waals surface area (Å²) in [6, 6.07) is 0. The summed E-state index contributed by atoms with van der Waals surface area (Å²) in [6.45, 7) is 4.60. The van der Waals surface area contributed by atoms with Gasteiger partial charge in [-0.1, -0.05) is 7.43 Å². The van der Waals surface area contributed by atoms with Gasteiger partial charge in [0.25, 0.3) is 0 Å². The Morgan fingerprint density at radius 3 is 1.23 bits per heavy atom. The highest BCUT2D eigenvalue weighted by molar-refractivity contribution is 5.97. The largest absolute Gasteiger partial charge is 0.481 e. The Labute approximate surface area is 127 Å². The molecule has 0 amide bonds. The van der Waals surface area contributed by atoms with Crippen molar-refractivity contribution < 1.29 is 44.7 Å². The van der Waals surface area contributed by atoms with E-state index in [2.05, 4.69) is 0 Å². The van der Waals surface area contributed by atoms with Gasteiger partial charge < -0.3 is 25.5 Å². The van der Waals surface area contributed by atoms with Crippen molar-refractivity contribution >= 4 is 23.9 Å². The first-order chi connectivity index (χ1) is 9.26. The van der Waals surface area contributed by atoms with Crippen molar-refractivity contribution in [3.8, 4) is 0 Å². The molecular weight excluding hydrogens is 300 g/mol. The zero-order chi connectivity index (χ0) is 17.5. The van der Waals surface area contributed by atoms with E-state index in [0.29, 0.717) is 0 Å². The number of carbonyl (C=O) groups is 4. The van der Waals surface area contributed by atoms with E-state index >= 15 is 0 Å². The zero-order valence-corrected chi connectivity index (χ0v) is 11.9. The Balaban J connectivity index is -0.000000315. The van der Waals surface area contributed by atoms with E-state index < -0.39 is 35.4 Å². The summed E-state index contributed by atoms with van der Waals surface area (Å²) in [4.78, 5) is 40.7. The van der Waals surface area contributed by atoms with Crippen LogP contribution in [0.1, 0.15) is 35.1 Å². The van der Waals surface area contributed by atoms with Crippen LogP contribution in [0.3, 0.4) is 0 Å². The van der Waals surface area contributed by atoms with Crippen LogP contribution in [-0.2, 0) is 19.2 Å². The number of hydrogen-bond acceptors (Lipinski definition) is 5. The number of carboxylic acids is 4. The SMILES string of the molecule is C.C/C(C(=O)O)=C(\C)C(=O)O.C[C@H](C(=O)O)[C@@](C)(O)C(=O)O. The maximum Gasteiger partial charge on any atom is 0.336 e. The molecule has 0 aliphatic rings. The van der Waals surface area contributed by atoms with E-state index in [0.717, 1.165) is 13.8 Å². The van der Waals surface area contributed by atoms with Crippen LogP contribution < -0.4 is 0 Å². The van der Waals surface area contributed by atoms with Gasteiger partial charge >= 0.3 is 23.9 Å². The van der Waals surface area contributed by atoms with Crippen LogP contribution in [0.5, 0.6) is 0 Å². The van der Waals surface area contributed by atoms with Crippen molar-refractivity contribution in [2.24, 2.45) is 5.92 Å². The molecule has 0 aliphatic carbocycles. The Kier molecular flexibility index (Phi) is 10.6. The molecule has 0 aromatic rings. The molecule has 22 heavy (non-hydrogen) atoms. The first-order valence-corrected chi connectivity index (χ1v) is 5.59. The van der Waals surface area contributed by atoms with E-state index in [1.807, 2.05) is 0 Å². The maximum absolute atomic E-state index is 10.3. The summed E-state index contributed by atoms with van der Waals surface area (Å²) in [6.07, 6.45) is 0. The minimum absolute atomic E-state index is 0. The lowest BCUT2D eigenvalue weighted by Gasteiger charge is -2.21. The number of hydrogen-bond donors (Lipinski definition) is 5. The molecule has 0 aromatic carbocycles. The van der Waals surface area contributed by atoms with E-state index in [1.54, 1.807) is 0 Å². The molecule has 0 saturated heterocycles. The third kappa shape index (κ3) is 7.39. The Morgan fingerprint density at radius 2 is 1.14 bits per heavy atom. The van der Waals surface area contributed by atoms with Gasteiger partial charge in [-0.25, -0.2) is 14.4 Å². The Bertz CT molecular complexity index is 452. The van der Waals surface area contributed by atoms with Gasteiger partial charge in [0.2, 0.25) is 0 Å². The van der Waals surface area contributed by atoms with E-state index in [9.17, 15) is 19.2 Å². The molecule has 9 nitrogen and oxygen atoms in total. The van der Waals surface area contributed by atoms with Gasteiger partial charge in [-0.3, -0.25) is 4.79 Å². The molecule has 128 valence electrons. The normalized spacial score (nSPS) is 14.8. The summed E-state index contributed by atoms with van der Waals surface area (Å²) in [5.74, 6) is -6.58. The lowest BCUT2D eigenvalue weighted by molar-refractivity contribution is -0.170. The van der Waals surface area contributed by atoms with Crippen LogP contribution in [-0.4, -0.2) is 55.0 Å². The fraction of sp³-hybridized carbons (Fsp3) is 0.538. The lowest BCUT2D eigenvalue weighted by atomic mass is 9.91. The summed E-state index contributed by atoms with van der Waals surface area (Å²) in [5, 5.41) is 42.3. The molecule has 0 rings (SSSR count). The minimum Gasteiger partial charge on any atom is -0.481 e. The summed E-state index contributed by atoms with van der Waals surface area (Å²) < 4.78 is 0. The highest BCUT2D eigenvalue weighted by Crippen LogP contribution is 2.16. The summed E-state index contributed by atoms with van der Waals surface area (Å²) >= 11 is 0. The topological polar surface area (TPSA) is 169 Å². The van der Waals surface area contributed by atoms with Gasteiger partial charge in [0.15, 0.2) is 5.60 Å². The van der Waals surface area contributed by atoms with Crippen molar-refractivity contribution in [1.82, 2.24) is 0 Å². The predicted molar refractivity (Wildman–Crippen MR) is 75.4 cm³/mol. The number of aliphatic carboxylic acids is 4. The molecule has 0 unspecified atom stereocenters. The summed E-state index contributed by atoms with van der Waals surface area (Å²) in [7, 11) is 0. The number of aliphatic hydroxyl groups is 1. The second-order valence-electron chi connectivity index (χ2n) is 4.37. The lowest BCUT2D eigenvalue weighted by Crippen LogP contribution is -2.45. The second-order valence-corrected chi connectivity index (χ2v) is 4.37. The van der Waals surface area contributed by atoms with Crippen LogP contribution in [0.4, 0.5) is 0 Å². The molecule has 0 aromatic heterocycles. The van der Waals surface area contributed by atoms with Gasteiger partial charge in [-0.15, -0.1) is 0 Å². The smallest absolute Gasteiger partial charge is 0.336 e. The number of carboxylic acid groups (broad SMARTS) is 4. The first-order valence-electron chi connectivity index (χ1n) is 5.59. The molecule has 0 aliphatic heterocycles. The molecule has 2 atom stereocenters. The van der Waals surface area contributed by atoms with Gasteiger partial charge in [-0.05, 0) is 27.7 Å². The van der Waals surface area contributed by atoms with E-state index in [-0.39, 0.29) is 18.6 Å². The molecule has 0 bridgehead atoms. The van der Waals surface area contributed by atoms with Gasteiger partial charge in [0, 0.05) is 11.1 Å². The first kappa shape index (κ1) is 24.6. The molecule has 0 fully saturated rings. The van der Waals surface area contributed by atoms with E-state index in [1.165, 1.54) is 13.8 Å².